The van der Waals surface area contributed by atoms with Crippen LogP contribution in [0.2, 0.25) is 0 Å². The van der Waals surface area contributed by atoms with Crippen LogP contribution >= 0.6 is 0 Å². The lowest BCUT2D eigenvalue weighted by molar-refractivity contribution is -0.136. The fraction of sp³-hybridized carbons (Fsp3) is 0.800. The van der Waals surface area contributed by atoms with Crippen molar-refractivity contribution in [3.63, 3.8) is 0 Å². The van der Waals surface area contributed by atoms with Crippen molar-refractivity contribution in [3.05, 3.63) is 12.7 Å². The zero-order valence-corrected chi connectivity index (χ0v) is 11.1. The van der Waals surface area contributed by atoms with Gasteiger partial charge >= 0.3 is 0 Å². The summed E-state index contributed by atoms with van der Waals surface area (Å²) in [5.41, 5.74) is -0.0710. The van der Waals surface area contributed by atoms with E-state index in [1.54, 1.807) is 0 Å². The average molecular weight is 236 g/mol. The lowest BCUT2D eigenvalue weighted by Crippen LogP contribution is -2.43. The van der Waals surface area contributed by atoms with Crippen molar-refractivity contribution in [2.24, 2.45) is 29.1 Å². The molecular formula is C15H24O2. The minimum Gasteiger partial charge on any atom is -0.392 e. The summed E-state index contributed by atoms with van der Waals surface area (Å²) >= 11 is 0. The third kappa shape index (κ3) is 1.97. The molecule has 17 heavy (non-hydrogen) atoms. The first kappa shape index (κ1) is 12.8. The van der Waals surface area contributed by atoms with Gasteiger partial charge in [0.2, 0.25) is 0 Å². The number of carbonyl (C=O) groups is 1. The molecule has 3 fully saturated rings. The number of hydrogen-bond donors (Lipinski definition) is 1. The molecule has 2 nitrogen and oxygen atoms in total. The van der Waals surface area contributed by atoms with E-state index in [2.05, 4.69) is 27.4 Å². The van der Waals surface area contributed by atoms with Crippen LogP contribution < -0.4 is 0 Å². The molecular weight excluding hydrogens is 212 g/mol. The van der Waals surface area contributed by atoms with Gasteiger partial charge in [0, 0.05) is 12.3 Å². The molecule has 0 radical (unpaired) electrons. The lowest BCUT2D eigenvalue weighted by atomic mass is 9.66. The van der Waals surface area contributed by atoms with Crippen LogP contribution in [0.1, 0.15) is 40.0 Å². The monoisotopic (exact) mass is 236 g/mol. The second-order valence-electron chi connectivity index (χ2n) is 6.58. The predicted molar refractivity (Wildman–Crippen MR) is 68.5 cm³/mol. The molecule has 0 aromatic carbocycles. The van der Waals surface area contributed by atoms with Gasteiger partial charge in [-0.15, -0.1) is 6.58 Å². The standard InChI is InChI=1S/C15H24O2/c1-5-10-6-11(9(2)3)14-12(16)7-15(10,4)8-13(14)17/h5,9-12,14,16H,1,6-8H2,2-4H3/t10-,11+,12-,14+,15-/m1/s1. The van der Waals surface area contributed by atoms with E-state index in [4.69, 9.17) is 0 Å². The minimum atomic E-state index is -0.446. The summed E-state index contributed by atoms with van der Waals surface area (Å²) in [7, 11) is 0. The highest BCUT2D eigenvalue weighted by Gasteiger charge is 2.52. The molecule has 0 unspecified atom stereocenters. The van der Waals surface area contributed by atoms with Crippen LogP contribution in [0, 0.1) is 29.1 Å². The smallest absolute Gasteiger partial charge is 0.139 e. The molecule has 0 saturated heterocycles. The Morgan fingerprint density at radius 2 is 2.18 bits per heavy atom. The van der Waals surface area contributed by atoms with Crippen LogP contribution in [0.4, 0.5) is 0 Å². The van der Waals surface area contributed by atoms with Crippen LogP contribution in [0.5, 0.6) is 0 Å². The Morgan fingerprint density at radius 3 is 2.65 bits per heavy atom. The van der Waals surface area contributed by atoms with Gasteiger partial charge in [0.15, 0.2) is 0 Å². The molecule has 96 valence electrons. The molecule has 1 N–H and O–H groups in total. The summed E-state index contributed by atoms with van der Waals surface area (Å²) in [6.45, 7) is 10.4. The van der Waals surface area contributed by atoms with Crippen molar-refractivity contribution in [2.45, 2.75) is 46.1 Å². The second kappa shape index (κ2) is 4.24. The van der Waals surface area contributed by atoms with Crippen molar-refractivity contribution in [2.75, 3.05) is 0 Å². The first-order valence-corrected chi connectivity index (χ1v) is 6.72. The highest BCUT2D eigenvalue weighted by atomic mass is 16.3. The summed E-state index contributed by atoms with van der Waals surface area (Å²) in [4.78, 5) is 12.3. The van der Waals surface area contributed by atoms with E-state index in [-0.39, 0.29) is 17.1 Å². The molecule has 3 rings (SSSR count). The molecule has 3 aliphatic rings. The minimum absolute atomic E-state index is 0.0710. The maximum atomic E-state index is 12.3. The Morgan fingerprint density at radius 1 is 1.53 bits per heavy atom. The Hall–Kier alpha value is -0.630. The van der Waals surface area contributed by atoms with Gasteiger partial charge in [0.05, 0.1) is 6.10 Å². The topological polar surface area (TPSA) is 37.3 Å². The van der Waals surface area contributed by atoms with Crippen molar-refractivity contribution >= 4 is 5.78 Å². The number of rotatable bonds is 2. The number of aliphatic hydroxyl groups excluding tert-OH is 1. The SMILES string of the molecule is C=C[C@@H]1C[C@@H](C(C)C)[C@@H]2C(=O)C[C@@]1(C)C[C@H]2O. The van der Waals surface area contributed by atoms with Crippen molar-refractivity contribution in [3.8, 4) is 0 Å². The van der Waals surface area contributed by atoms with Gasteiger partial charge in [-0.2, -0.15) is 0 Å². The molecule has 0 aromatic rings. The van der Waals surface area contributed by atoms with Crippen LogP contribution in [0.3, 0.4) is 0 Å². The van der Waals surface area contributed by atoms with E-state index < -0.39 is 6.10 Å². The van der Waals surface area contributed by atoms with Gasteiger partial charge in [0.25, 0.3) is 0 Å². The first-order valence-electron chi connectivity index (χ1n) is 6.72. The molecule has 0 spiro atoms. The quantitative estimate of drug-likeness (QED) is 0.749. The normalized spacial score (nSPS) is 46.1. The Bertz CT molecular complexity index is 334. The Balaban J connectivity index is 2.42. The molecule has 3 aliphatic carbocycles. The van der Waals surface area contributed by atoms with Crippen molar-refractivity contribution in [1.29, 1.82) is 0 Å². The van der Waals surface area contributed by atoms with Crippen LogP contribution in [-0.2, 0) is 4.79 Å². The van der Waals surface area contributed by atoms with E-state index in [9.17, 15) is 9.90 Å². The molecule has 0 aliphatic heterocycles. The molecule has 5 atom stereocenters. The number of hydrogen-bond acceptors (Lipinski definition) is 2. The third-order valence-corrected chi connectivity index (χ3v) is 5.06. The zero-order chi connectivity index (χ0) is 12.8. The summed E-state index contributed by atoms with van der Waals surface area (Å²) in [6.07, 6.45) is 3.94. The van der Waals surface area contributed by atoms with E-state index >= 15 is 0 Å². The molecule has 0 aromatic heterocycles. The van der Waals surface area contributed by atoms with Crippen molar-refractivity contribution in [1.82, 2.24) is 0 Å². The summed E-state index contributed by atoms with van der Waals surface area (Å²) in [5.74, 6) is 1.26. The summed E-state index contributed by atoms with van der Waals surface area (Å²) < 4.78 is 0. The maximum Gasteiger partial charge on any atom is 0.139 e. The van der Waals surface area contributed by atoms with Gasteiger partial charge in [-0.25, -0.2) is 0 Å². The molecule has 0 amide bonds. The number of carbonyl (C=O) groups excluding carboxylic acids is 1. The fourth-order valence-corrected chi connectivity index (χ4v) is 4.01. The fourth-order valence-electron chi connectivity index (χ4n) is 4.01. The number of aliphatic hydroxyl groups is 1. The van der Waals surface area contributed by atoms with Gasteiger partial charge < -0.3 is 5.11 Å². The molecule has 2 heteroatoms. The van der Waals surface area contributed by atoms with Crippen LogP contribution in [-0.4, -0.2) is 17.0 Å². The van der Waals surface area contributed by atoms with Crippen LogP contribution in [0.25, 0.3) is 0 Å². The van der Waals surface area contributed by atoms with E-state index in [1.165, 1.54) is 0 Å². The van der Waals surface area contributed by atoms with Gasteiger partial charge in [0.1, 0.15) is 5.78 Å². The second-order valence-corrected chi connectivity index (χ2v) is 6.58. The van der Waals surface area contributed by atoms with Crippen LogP contribution in [0.15, 0.2) is 12.7 Å². The average Bonchev–Trinajstić information content (AvgIpc) is 2.37. The number of fused-ring (bicyclic) bond motifs is 4. The van der Waals surface area contributed by atoms with E-state index in [0.717, 1.165) is 12.8 Å². The summed E-state index contributed by atoms with van der Waals surface area (Å²) in [6, 6.07) is 0. The van der Waals surface area contributed by atoms with E-state index in [1.807, 2.05) is 6.08 Å². The summed E-state index contributed by atoms with van der Waals surface area (Å²) in [5, 5.41) is 10.3. The number of ketones is 1. The first-order chi connectivity index (χ1) is 7.89. The maximum absolute atomic E-state index is 12.3. The third-order valence-electron chi connectivity index (χ3n) is 5.06. The molecule has 2 bridgehead atoms. The van der Waals surface area contributed by atoms with Gasteiger partial charge in [-0.1, -0.05) is 26.8 Å². The largest absolute Gasteiger partial charge is 0.392 e. The zero-order valence-electron chi connectivity index (χ0n) is 11.1. The highest BCUT2D eigenvalue weighted by Crippen LogP contribution is 2.53. The Kier molecular flexibility index (Phi) is 3.19. The molecule has 0 heterocycles. The lowest BCUT2D eigenvalue weighted by Gasteiger charge is -2.39. The Labute approximate surface area is 104 Å². The van der Waals surface area contributed by atoms with E-state index in [0.29, 0.717) is 24.2 Å². The van der Waals surface area contributed by atoms with Crippen molar-refractivity contribution < 1.29 is 9.90 Å². The van der Waals surface area contributed by atoms with Gasteiger partial charge in [-0.05, 0) is 36.0 Å². The predicted octanol–water partition coefficient (Wildman–Crippen LogP) is 2.81. The molecule has 3 saturated carbocycles. The number of Topliss-reactive ketones (excluding diaryl/α,β-unsaturated/α-hetero) is 1. The number of allylic oxidation sites excluding steroid dienone is 1. The highest BCUT2D eigenvalue weighted by molar-refractivity contribution is 5.84. The van der Waals surface area contributed by atoms with Gasteiger partial charge in [-0.3, -0.25) is 4.79 Å².